The molecule has 0 aromatic heterocycles. The summed E-state index contributed by atoms with van der Waals surface area (Å²) in [6.45, 7) is 5.94. The summed E-state index contributed by atoms with van der Waals surface area (Å²) in [6.07, 6.45) is 0.491. The monoisotopic (exact) mass is 212 g/mol. The first-order chi connectivity index (χ1) is 6.44. The van der Waals surface area contributed by atoms with Crippen LogP contribution in [-0.2, 0) is 0 Å². The van der Waals surface area contributed by atoms with Crippen molar-refractivity contribution in [2.75, 3.05) is 0 Å². The fourth-order valence-electron chi connectivity index (χ4n) is 1.05. The van der Waals surface area contributed by atoms with Crippen LogP contribution in [0.4, 0.5) is 4.39 Å². The van der Waals surface area contributed by atoms with Gasteiger partial charge in [-0.15, -0.1) is 0 Å². The van der Waals surface area contributed by atoms with E-state index in [4.69, 9.17) is 4.43 Å². The van der Waals surface area contributed by atoms with Crippen LogP contribution in [0, 0.1) is 5.82 Å². The van der Waals surface area contributed by atoms with Gasteiger partial charge in [0.15, 0.2) is 6.29 Å². The van der Waals surface area contributed by atoms with Gasteiger partial charge in [0.2, 0.25) is 8.32 Å². The maximum absolute atomic E-state index is 13.1. The average Bonchev–Trinajstić information content (AvgIpc) is 2.01. The highest BCUT2D eigenvalue weighted by molar-refractivity contribution is 6.70. The molecular formula is C10H13FO2Si. The molecule has 0 aliphatic heterocycles. The molecule has 0 fully saturated rings. The van der Waals surface area contributed by atoms with Gasteiger partial charge >= 0.3 is 0 Å². The first-order valence-electron chi connectivity index (χ1n) is 4.37. The molecule has 1 rings (SSSR count). The second kappa shape index (κ2) is 3.92. The molecule has 1 aromatic rings. The Hall–Kier alpha value is -1.16. The SMILES string of the molecule is C[Si](C)(C)Oc1cccc(F)c1C=O. The lowest BCUT2D eigenvalue weighted by molar-refractivity contribution is 0.111. The number of hydrogen-bond acceptors (Lipinski definition) is 2. The van der Waals surface area contributed by atoms with Crippen molar-refractivity contribution < 1.29 is 13.6 Å². The van der Waals surface area contributed by atoms with E-state index in [1.54, 1.807) is 6.07 Å². The number of aldehydes is 1. The second-order valence-electron chi connectivity index (χ2n) is 3.98. The molecule has 0 atom stereocenters. The van der Waals surface area contributed by atoms with Gasteiger partial charge in [-0.25, -0.2) is 4.39 Å². The molecule has 0 aliphatic rings. The molecule has 0 N–H and O–H groups in total. The molecule has 76 valence electrons. The van der Waals surface area contributed by atoms with E-state index in [0.717, 1.165) is 0 Å². The minimum atomic E-state index is -1.79. The highest BCUT2D eigenvalue weighted by Crippen LogP contribution is 2.22. The Morgan fingerprint density at radius 3 is 2.50 bits per heavy atom. The molecule has 0 radical (unpaired) electrons. The Bertz CT molecular complexity index is 344. The summed E-state index contributed by atoms with van der Waals surface area (Å²) >= 11 is 0. The molecule has 0 heterocycles. The largest absolute Gasteiger partial charge is 0.544 e. The van der Waals surface area contributed by atoms with E-state index in [0.29, 0.717) is 12.0 Å². The minimum Gasteiger partial charge on any atom is -0.544 e. The standard InChI is InChI=1S/C10H13FO2Si/c1-14(2,3)13-10-6-4-5-9(11)8(10)7-12/h4-7H,1-3H3. The van der Waals surface area contributed by atoms with E-state index in [9.17, 15) is 9.18 Å². The number of benzene rings is 1. The lowest BCUT2D eigenvalue weighted by Crippen LogP contribution is -2.29. The first-order valence-corrected chi connectivity index (χ1v) is 7.77. The lowest BCUT2D eigenvalue weighted by Gasteiger charge is -2.20. The molecule has 4 heteroatoms. The molecule has 0 bridgehead atoms. The fourth-order valence-corrected chi connectivity index (χ4v) is 1.89. The second-order valence-corrected chi connectivity index (χ2v) is 8.41. The summed E-state index contributed by atoms with van der Waals surface area (Å²) in [4.78, 5) is 10.6. The Kier molecular flexibility index (Phi) is 3.05. The van der Waals surface area contributed by atoms with E-state index >= 15 is 0 Å². The minimum absolute atomic E-state index is 0.00919. The van der Waals surface area contributed by atoms with Gasteiger partial charge in [-0.2, -0.15) is 0 Å². The molecule has 0 amide bonds. The van der Waals surface area contributed by atoms with Crippen LogP contribution in [0.25, 0.3) is 0 Å². The normalized spacial score (nSPS) is 11.1. The fraction of sp³-hybridized carbons (Fsp3) is 0.300. The molecule has 0 unspecified atom stereocenters. The molecule has 0 saturated heterocycles. The summed E-state index contributed by atoms with van der Waals surface area (Å²) in [5, 5.41) is 0. The van der Waals surface area contributed by atoms with Crippen LogP contribution in [-0.4, -0.2) is 14.6 Å². The van der Waals surface area contributed by atoms with Gasteiger partial charge in [0.25, 0.3) is 0 Å². The zero-order valence-corrected chi connectivity index (χ0v) is 9.50. The molecule has 0 aliphatic carbocycles. The van der Waals surface area contributed by atoms with Crippen molar-refractivity contribution in [2.24, 2.45) is 0 Å². The van der Waals surface area contributed by atoms with Crippen molar-refractivity contribution in [2.45, 2.75) is 19.6 Å². The maximum Gasteiger partial charge on any atom is 0.242 e. The van der Waals surface area contributed by atoms with E-state index in [1.165, 1.54) is 12.1 Å². The number of halogens is 1. The van der Waals surface area contributed by atoms with E-state index in [2.05, 4.69) is 0 Å². The van der Waals surface area contributed by atoms with E-state index in [1.807, 2.05) is 19.6 Å². The van der Waals surface area contributed by atoms with E-state index < -0.39 is 14.1 Å². The van der Waals surface area contributed by atoms with Gasteiger partial charge in [0.1, 0.15) is 11.6 Å². The smallest absolute Gasteiger partial charge is 0.242 e. The maximum atomic E-state index is 13.1. The van der Waals surface area contributed by atoms with Crippen LogP contribution in [0.15, 0.2) is 18.2 Å². The van der Waals surface area contributed by atoms with Crippen molar-refractivity contribution in [1.29, 1.82) is 0 Å². The predicted molar refractivity (Wildman–Crippen MR) is 55.8 cm³/mol. The van der Waals surface area contributed by atoms with Gasteiger partial charge in [-0.05, 0) is 31.8 Å². The summed E-state index contributed by atoms with van der Waals surface area (Å²) in [6, 6.07) is 4.41. The molecule has 0 saturated carbocycles. The van der Waals surface area contributed by atoms with Crippen LogP contribution < -0.4 is 4.43 Å². The summed E-state index contributed by atoms with van der Waals surface area (Å²) < 4.78 is 18.7. The van der Waals surface area contributed by atoms with Crippen LogP contribution in [0.1, 0.15) is 10.4 Å². The summed E-state index contributed by atoms with van der Waals surface area (Å²) in [7, 11) is -1.79. The third-order valence-electron chi connectivity index (χ3n) is 1.55. The number of carbonyl (C=O) groups excluding carboxylic acids is 1. The molecule has 2 nitrogen and oxygen atoms in total. The number of rotatable bonds is 3. The Balaban J connectivity index is 3.08. The average molecular weight is 212 g/mol. The Labute approximate surface area is 83.8 Å². The first kappa shape index (κ1) is 10.9. The highest BCUT2D eigenvalue weighted by Gasteiger charge is 2.19. The molecular weight excluding hydrogens is 199 g/mol. The van der Waals surface area contributed by atoms with Gasteiger partial charge in [0, 0.05) is 0 Å². The summed E-state index contributed by atoms with van der Waals surface area (Å²) in [5.41, 5.74) is 0.00919. The van der Waals surface area contributed by atoms with Crippen LogP contribution >= 0.6 is 0 Å². The number of carbonyl (C=O) groups is 1. The third kappa shape index (κ3) is 2.66. The van der Waals surface area contributed by atoms with Crippen molar-refractivity contribution >= 4 is 14.6 Å². The molecule has 0 spiro atoms. The van der Waals surface area contributed by atoms with E-state index in [-0.39, 0.29) is 5.56 Å². The van der Waals surface area contributed by atoms with Crippen molar-refractivity contribution in [3.8, 4) is 5.75 Å². The van der Waals surface area contributed by atoms with Crippen LogP contribution in [0.5, 0.6) is 5.75 Å². The van der Waals surface area contributed by atoms with Crippen LogP contribution in [0.2, 0.25) is 19.6 Å². The van der Waals surface area contributed by atoms with Gasteiger partial charge < -0.3 is 4.43 Å². The van der Waals surface area contributed by atoms with Crippen molar-refractivity contribution in [1.82, 2.24) is 0 Å². The van der Waals surface area contributed by atoms with Gasteiger partial charge in [-0.3, -0.25) is 4.79 Å². The topological polar surface area (TPSA) is 26.3 Å². The molecule has 14 heavy (non-hydrogen) atoms. The molecule has 1 aromatic carbocycles. The van der Waals surface area contributed by atoms with Gasteiger partial charge in [-0.1, -0.05) is 6.07 Å². The highest BCUT2D eigenvalue weighted by atomic mass is 28.4. The van der Waals surface area contributed by atoms with Gasteiger partial charge in [0.05, 0.1) is 5.56 Å². The Morgan fingerprint density at radius 1 is 1.36 bits per heavy atom. The van der Waals surface area contributed by atoms with Crippen molar-refractivity contribution in [3.63, 3.8) is 0 Å². The van der Waals surface area contributed by atoms with Crippen LogP contribution in [0.3, 0.4) is 0 Å². The third-order valence-corrected chi connectivity index (χ3v) is 2.38. The summed E-state index contributed by atoms with van der Waals surface area (Å²) in [5.74, 6) is -0.185. The number of hydrogen-bond donors (Lipinski definition) is 0. The van der Waals surface area contributed by atoms with Crippen molar-refractivity contribution in [3.05, 3.63) is 29.6 Å². The zero-order chi connectivity index (χ0) is 10.8. The Morgan fingerprint density at radius 2 is 2.00 bits per heavy atom. The quantitative estimate of drug-likeness (QED) is 0.569. The lowest BCUT2D eigenvalue weighted by atomic mass is 10.2. The predicted octanol–water partition coefficient (Wildman–Crippen LogP) is 2.85. The zero-order valence-electron chi connectivity index (χ0n) is 8.50.